The molecule has 0 aliphatic rings. The molecule has 0 atom stereocenters. The molecular weight excluding hydrogens is 236 g/mol. The molecule has 0 aliphatic heterocycles. The van der Waals surface area contributed by atoms with Gasteiger partial charge in [-0.1, -0.05) is 26.0 Å². The number of nitrogens with two attached hydrogens (primary N) is 1. The minimum Gasteiger partial charge on any atom is -0.487 e. The van der Waals surface area contributed by atoms with Gasteiger partial charge in [0.1, 0.15) is 18.2 Å². The highest BCUT2D eigenvalue weighted by Gasteiger charge is 2.05. The van der Waals surface area contributed by atoms with Crippen molar-refractivity contribution < 1.29 is 4.74 Å². The van der Waals surface area contributed by atoms with Gasteiger partial charge in [-0.15, -0.1) is 0 Å². The van der Waals surface area contributed by atoms with Crippen molar-refractivity contribution >= 4 is 5.82 Å². The monoisotopic (exact) mass is 256 g/mol. The Hall–Kier alpha value is -2.03. The summed E-state index contributed by atoms with van der Waals surface area (Å²) in [6.07, 6.45) is 0. The zero-order valence-electron chi connectivity index (χ0n) is 11.7. The normalized spacial score (nSPS) is 10.7. The van der Waals surface area contributed by atoms with E-state index in [4.69, 9.17) is 10.5 Å². The van der Waals surface area contributed by atoms with Gasteiger partial charge in [-0.05, 0) is 48.2 Å². The van der Waals surface area contributed by atoms with Gasteiger partial charge in [0.05, 0.1) is 5.69 Å². The fourth-order valence-corrected chi connectivity index (χ4v) is 2.12. The number of anilines is 1. The van der Waals surface area contributed by atoms with E-state index in [1.54, 1.807) is 6.07 Å². The number of benzene rings is 1. The third kappa shape index (κ3) is 3.47. The number of aryl methyl sites for hydroxylation is 1. The van der Waals surface area contributed by atoms with Gasteiger partial charge in [0.2, 0.25) is 0 Å². The van der Waals surface area contributed by atoms with Crippen molar-refractivity contribution in [3.05, 3.63) is 53.2 Å². The largest absolute Gasteiger partial charge is 0.487 e. The highest BCUT2D eigenvalue weighted by molar-refractivity contribution is 5.36. The van der Waals surface area contributed by atoms with Gasteiger partial charge in [0.15, 0.2) is 0 Å². The Morgan fingerprint density at radius 2 is 2.00 bits per heavy atom. The first-order valence-electron chi connectivity index (χ1n) is 6.51. The van der Waals surface area contributed by atoms with Gasteiger partial charge in [0, 0.05) is 0 Å². The van der Waals surface area contributed by atoms with Gasteiger partial charge in [-0.2, -0.15) is 0 Å². The third-order valence-electron chi connectivity index (χ3n) is 3.08. The number of nitrogens with zero attached hydrogens (tertiary/aromatic N) is 1. The second-order valence-electron chi connectivity index (χ2n) is 5.02. The van der Waals surface area contributed by atoms with Crippen LogP contribution in [-0.2, 0) is 6.61 Å². The molecule has 3 heteroatoms. The van der Waals surface area contributed by atoms with Crippen molar-refractivity contribution in [2.75, 3.05) is 5.73 Å². The molecule has 2 N–H and O–H groups in total. The van der Waals surface area contributed by atoms with Crippen LogP contribution in [0.2, 0.25) is 0 Å². The molecule has 1 heterocycles. The number of pyridine rings is 1. The fraction of sp³-hybridized carbons (Fsp3) is 0.312. The molecule has 19 heavy (non-hydrogen) atoms. The second kappa shape index (κ2) is 5.74. The first kappa shape index (κ1) is 13.4. The van der Waals surface area contributed by atoms with Crippen molar-refractivity contribution in [1.29, 1.82) is 0 Å². The first-order valence-corrected chi connectivity index (χ1v) is 6.51. The van der Waals surface area contributed by atoms with Crippen LogP contribution in [0.15, 0.2) is 36.4 Å². The number of nitrogen functional groups attached to an aromatic ring is 1. The lowest BCUT2D eigenvalue weighted by molar-refractivity contribution is 0.301. The smallest absolute Gasteiger partial charge is 0.130 e. The van der Waals surface area contributed by atoms with Crippen LogP contribution >= 0.6 is 0 Å². The van der Waals surface area contributed by atoms with Crippen molar-refractivity contribution in [1.82, 2.24) is 4.98 Å². The van der Waals surface area contributed by atoms with E-state index < -0.39 is 0 Å². The maximum absolute atomic E-state index is 5.74. The summed E-state index contributed by atoms with van der Waals surface area (Å²) in [6.45, 7) is 6.94. The Bertz CT molecular complexity index is 564. The molecule has 0 fully saturated rings. The molecule has 0 unspecified atom stereocenters. The second-order valence-corrected chi connectivity index (χ2v) is 5.02. The Kier molecular flexibility index (Phi) is 4.05. The van der Waals surface area contributed by atoms with Crippen LogP contribution in [0.4, 0.5) is 5.82 Å². The Labute approximate surface area is 114 Å². The minimum absolute atomic E-state index is 0.436. The van der Waals surface area contributed by atoms with Gasteiger partial charge in [-0.3, -0.25) is 0 Å². The molecule has 0 radical (unpaired) electrons. The number of hydrogen-bond acceptors (Lipinski definition) is 3. The quantitative estimate of drug-likeness (QED) is 0.907. The minimum atomic E-state index is 0.436. The van der Waals surface area contributed by atoms with E-state index in [1.165, 1.54) is 11.1 Å². The van der Waals surface area contributed by atoms with Crippen molar-refractivity contribution in [3.63, 3.8) is 0 Å². The summed E-state index contributed by atoms with van der Waals surface area (Å²) >= 11 is 0. The van der Waals surface area contributed by atoms with E-state index in [0.717, 1.165) is 11.4 Å². The summed E-state index contributed by atoms with van der Waals surface area (Å²) < 4.78 is 5.74. The predicted molar refractivity (Wildman–Crippen MR) is 78.2 cm³/mol. The van der Waals surface area contributed by atoms with E-state index in [0.29, 0.717) is 18.3 Å². The van der Waals surface area contributed by atoms with Crippen molar-refractivity contribution in [2.45, 2.75) is 33.3 Å². The van der Waals surface area contributed by atoms with Crippen LogP contribution in [0.3, 0.4) is 0 Å². The van der Waals surface area contributed by atoms with E-state index in [-0.39, 0.29) is 0 Å². The molecule has 0 saturated carbocycles. The Morgan fingerprint density at radius 1 is 1.21 bits per heavy atom. The lowest BCUT2D eigenvalue weighted by atomic mass is 9.98. The van der Waals surface area contributed by atoms with Crippen LogP contribution < -0.4 is 10.5 Å². The summed E-state index contributed by atoms with van der Waals surface area (Å²) in [4.78, 5) is 4.21. The fourth-order valence-electron chi connectivity index (χ4n) is 2.12. The molecule has 0 spiro atoms. The molecule has 2 rings (SSSR count). The SMILES string of the molecule is Cc1cc(OCc2cccc(N)n2)ccc1C(C)C. The highest BCUT2D eigenvalue weighted by Crippen LogP contribution is 2.23. The molecule has 0 bridgehead atoms. The van der Waals surface area contributed by atoms with E-state index in [1.807, 2.05) is 18.2 Å². The number of ether oxygens (including phenoxy) is 1. The van der Waals surface area contributed by atoms with Crippen LogP contribution in [0.1, 0.15) is 36.6 Å². The molecule has 0 aliphatic carbocycles. The molecule has 2 aromatic rings. The average molecular weight is 256 g/mol. The van der Waals surface area contributed by atoms with Crippen LogP contribution in [0.25, 0.3) is 0 Å². The Morgan fingerprint density at radius 3 is 2.63 bits per heavy atom. The molecule has 100 valence electrons. The number of hydrogen-bond donors (Lipinski definition) is 1. The van der Waals surface area contributed by atoms with Crippen LogP contribution in [0, 0.1) is 6.92 Å². The molecule has 3 nitrogen and oxygen atoms in total. The summed E-state index contributed by atoms with van der Waals surface area (Å²) in [7, 11) is 0. The Balaban J connectivity index is 2.06. The summed E-state index contributed by atoms with van der Waals surface area (Å²) in [5, 5.41) is 0. The number of aromatic nitrogens is 1. The third-order valence-corrected chi connectivity index (χ3v) is 3.08. The lowest BCUT2D eigenvalue weighted by Crippen LogP contribution is -2.01. The van der Waals surface area contributed by atoms with Gasteiger partial charge < -0.3 is 10.5 Å². The molecule has 1 aromatic carbocycles. The highest BCUT2D eigenvalue weighted by atomic mass is 16.5. The first-order chi connectivity index (χ1) is 9.06. The average Bonchev–Trinajstić information content (AvgIpc) is 2.36. The molecular formula is C16H20N2O. The maximum Gasteiger partial charge on any atom is 0.130 e. The predicted octanol–water partition coefficient (Wildman–Crippen LogP) is 3.67. The van der Waals surface area contributed by atoms with Crippen LogP contribution in [-0.4, -0.2) is 4.98 Å². The summed E-state index contributed by atoms with van der Waals surface area (Å²) in [6, 6.07) is 11.8. The van der Waals surface area contributed by atoms with Gasteiger partial charge in [-0.25, -0.2) is 4.98 Å². The van der Waals surface area contributed by atoms with E-state index in [9.17, 15) is 0 Å². The molecule has 1 aromatic heterocycles. The van der Waals surface area contributed by atoms with E-state index >= 15 is 0 Å². The standard InChI is InChI=1S/C16H20N2O/c1-11(2)15-8-7-14(9-12(15)3)19-10-13-5-4-6-16(17)18-13/h4-9,11H,10H2,1-3H3,(H2,17,18). The number of rotatable bonds is 4. The van der Waals surface area contributed by atoms with E-state index in [2.05, 4.69) is 37.9 Å². The zero-order chi connectivity index (χ0) is 13.8. The lowest BCUT2D eigenvalue weighted by Gasteiger charge is -2.12. The topological polar surface area (TPSA) is 48.1 Å². The van der Waals surface area contributed by atoms with Crippen molar-refractivity contribution in [2.24, 2.45) is 0 Å². The maximum atomic E-state index is 5.74. The van der Waals surface area contributed by atoms with Gasteiger partial charge in [0.25, 0.3) is 0 Å². The summed E-state index contributed by atoms with van der Waals surface area (Å²) in [5.41, 5.74) is 9.09. The summed E-state index contributed by atoms with van der Waals surface area (Å²) in [5.74, 6) is 1.92. The molecule has 0 saturated heterocycles. The molecule has 0 amide bonds. The van der Waals surface area contributed by atoms with Gasteiger partial charge >= 0.3 is 0 Å². The zero-order valence-corrected chi connectivity index (χ0v) is 11.7. The van der Waals surface area contributed by atoms with Crippen LogP contribution in [0.5, 0.6) is 5.75 Å². The van der Waals surface area contributed by atoms with Crippen molar-refractivity contribution in [3.8, 4) is 5.75 Å².